The van der Waals surface area contributed by atoms with Crippen LogP contribution in [0.25, 0.3) is 0 Å². The Kier molecular flexibility index (Phi) is 5.71. The van der Waals surface area contributed by atoms with Crippen LogP contribution in [0.15, 0.2) is 5.10 Å². The summed E-state index contributed by atoms with van der Waals surface area (Å²) in [4.78, 5) is 11.6. The molecular weight excluding hydrogens is 252 g/mol. The summed E-state index contributed by atoms with van der Waals surface area (Å²) < 4.78 is 1.01. The Balaban J connectivity index is 1.61. The van der Waals surface area contributed by atoms with Crippen LogP contribution in [-0.4, -0.2) is 21.8 Å². The molecule has 1 N–H and O–H groups in total. The first-order valence-corrected chi connectivity index (χ1v) is 8.44. The molecular formula is C12H20N2OS2. The zero-order chi connectivity index (χ0) is 11.9. The molecule has 0 radical (unpaired) electrons. The third kappa shape index (κ3) is 4.92. The first-order chi connectivity index (χ1) is 8.34. The molecule has 5 heteroatoms. The number of hydrogen-bond donors (Lipinski definition) is 1. The molecule has 0 aromatic carbocycles. The minimum atomic E-state index is 0.0798. The highest BCUT2D eigenvalue weighted by Gasteiger charge is 2.15. The number of rotatable bonds is 4. The van der Waals surface area contributed by atoms with E-state index in [9.17, 15) is 4.79 Å². The van der Waals surface area contributed by atoms with Crippen molar-refractivity contribution in [2.75, 3.05) is 11.5 Å². The predicted molar refractivity (Wildman–Crippen MR) is 76.3 cm³/mol. The van der Waals surface area contributed by atoms with Crippen molar-refractivity contribution < 1.29 is 4.79 Å². The van der Waals surface area contributed by atoms with Gasteiger partial charge in [-0.1, -0.05) is 55.6 Å². The van der Waals surface area contributed by atoms with E-state index in [0.29, 0.717) is 6.42 Å². The van der Waals surface area contributed by atoms with E-state index in [0.717, 1.165) is 28.2 Å². The lowest BCUT2D eigenvalue weighted by Crippen LogP contribution is -2.19. The lowest BCUT2D eigenvalue weighted by atomic mass is 9.86. The van der Waals surface area contributed by atoms with Crippen molar-refractivity contribution in [3.05, 3.63) is 0 Å². The third-order valence-electron chi connectivity index (χ3n) is 3.31. The van der Waals surface area contributed by atoms with E-state index in [4.69, 9.17) is 0 Å². The van der Waals surface area contributed by atoms with Gasteiger partial charge in [0.1, 0.15) is 4.38 Å². The van der Waals surface area contributed by atoms with Crippen LogP contribution in [0.4, 0.5) is 0 Å². The normalized spacial score (nSPS) is 21.5. The molecule has 0 unspecified atom stereocenters. The largest absolute Gasteiger partial charge is 0.273 e. The van der Waals surface area contributed by atoms with Crippen LogP contribution in [0, 0.1) is 5.92 Å². The number of carbonyl (C=O) groups is 1. The monoisotopic (exact) mass is 272 g/mol. The van der Waals surface area contributed by atoms with Gasteiger partial charge in [0, 0.05) is 17.9 Å². The first-order valence-electron chi connectivity index (χ1n) is 6.47. The second-order valence-electron chi connectivity index (χ2n) is 4.65. The van der Waals surface area contributed by atoms with E-state index in [-0.39, 0.29) is 5.91 Å². The minimum Gasteiger partial charge on any atom is -0.273 e. The van der Waals surface area contributed by atoms with Crippen LogP contribution in [0.3, 0.4) is 0 Å². The maximum Gasteiger partial charge on any atom is 0.240 e. The van der Waals surface area contributed by atoms with Gasteiger partial charge in [-0.3, -0.25) is 4.79 Å². The fourth-order valence-electron chi connectivity index (χ4n) is 2.34. The first kappa shape index (κ1) is 13.3. The van der Waals surface area contributed by atoms with Gasteiger partial charge in [-0.2, -0.15) is 5.10 Å². The molecule has 0 spiro atoms. The minimum absolute atomic E-state index is 0.0798. The molecule has 2 fully saturated rings. The molecule has 0 aromatic rings. The van der Waals surface area contributed by atoms with E-state index in [1.54, 1.807) is 23.5 Å². The summed E-state index contributed by atoms with van der Waals surface area (Å²) in [6, 6.07) is 0. The van der Waals surface area contributed by atoms with Gasteiger partial charge in [0.05, 0.1) is 0 Å². The van der Waals surface area contributed by atoms with Crippen molar-refractivity contribution in [3.8, 4) is 0 Å². The van der Waals surface area contributed by atoms with Gasteiger partial charge >= 0.3 is 0 Å². The molecule has 2 rings (SSSR count). The van der Waals surface area contributed by atoms with Gasteiger partial charge in [0.25, 0.3) is 0 Å². The zero-order valence-corrected chi connectivity index (χ0v) is 11.7. The highest BCUT2D eigenvalue weighted by Crippen LogP contribution is 2.27. The Morgan fingerprint density at radius 2 is 1.94 bits per heavy atom. The van der Waals surface area contributed by atoms with Crippen molar-refractivity contribution >= 4 is 33.8 Å². The van der Waals surface area contributed by atoms with E-state index in [1.165, 1.54) is 32.1 Å². The summed E-state index contributed by atoms with van der Waals surface area (Å²) in [6.07, 6.45) is 8.38. The van der Waals surface area contributed by atoms with Crippen LogP contribution in [-0.2, 0) is 4.79 Å². The molecule has 0 bridgehead atoms. The number of thioether (sulfide) groups is 2. The number of carbonyl (C=O) groups excluding carboxylic acids is 1. The summed E-state index contributed by atoms with van der Waals surface area (Å²) in [5.41, 5.74) is 2.67. The lowest BCUT2D eigenvalue weighted by molar-refractivity contribution is -0.121. The quantitative estimate of drug-likeness (QED) is 0.799. The van der Waals surface area contributed by atoms with Crippen molar-refractivity contribution in [2.24, 2.45) is 11.0 Å². The van der Waals surface area contributed by atoms with Gasteiger partial charge in [0.2, 0.25) is 5.91 Å². The van der Waals surface area contributed by atoms with Gasteiger partial charge in [-0.05, 0) is 12.3 Å². The van der Waals surface area contributed by atoms with Crippen molar-refractivity contribution in [1.29, 1.82) is 0 Å². The predicted octanol–water partition coefficient (Wildman–Crippen LogP) is 3.21. The molecule has 2 aliphatic rings. The van der Waals surface area contributed by atoms with Gasteiger partial charge in [-0.15, -0.1) is 0 Å². The summed E-state index contributed by atoms with van der Waals surface area (Å²) in [5, 5.41) is 4.13. The molecule has 1 aliphatic carbocycles. The van der Waals surface area contributed by atoms with Crippen LogP contribution < -0.4 is 5.43 Å². The zero-order valence-electron chi connectivity index (χ0n) is 10.1. The van der Waals surface area contributed by atoms with E-state index in [1.807, 2.05) is 0 Å². The number of hydrogen-bond acceptors (Lipinski definition) is 4. The highest BCUT2D eigenvalue weighted by molar-refractivity contribution is 8.41. The van der Waals surface area contributed by atoms with Crippen LogP contribution >= 0.6 is 23.5 Å². The Morgan fingerprint density at radius 1 is 1.24 bits per heavy atom. The second-order valence-corrected chi connectivity index (χ2v) is 7.08. The lowest BCUT2D eigenvalue weighted by Gasteiger charge is -2.20. The molecule has 1 aliphatic heterocycles. The van der Waals surface area contributed by atoms with Crippen molar-refractivity contribution in [3.63, 3.8) is 0 Å². The number of nitrogens with zero attached hydrogens (tertiary/aromatic N) is 1. The van der Waals surface area contributed by atoms with E-state index in [2.05, 4.69) is 10.5 Å². The SMILES string of the molecule is O=C(CCC1CCCCC1)NN=C1SCCS1. The fraction of sp³-hybridized carbons (Fsp3) is 0.833. The summed E-state index contributed by atoms with van der Waals surface area (Å²) in [5.74, 6) is 3.08. The van der Waals surface area contributed by atoms with Crippen LogP contribution in [0.1, 0.15) is 44.9 Å². The van der Waals surface area contributed by atoms with Crippen molar-refractivity contribution in [1.82, 2.24) is 5.43 Å². The number of hydrazone groups is 1. The molecule has 3 nitrogen and oxygen atoms in total. The Bertz CT molecular complexity index is 280. The van der Waals surface area contributed by atoms with Gasteiger partial charge in [-0.25, -0.2) is 5.43 Å². The molecule has 1 amide bonds. The molecule has 0 aromatic heterocycles. The highest BCUT2D eigenvalue weighted by atomic mass is 32.2. The second kappa shape index (κ2) is 7.31. The Hall–Kier alpha value is -0.160. The maximum atomic E-state index is 11.6. The average Bonchev–Trinajstić information content (AvgIpc) is 2.88. The summed E-state index contributed by atoms with van der Waals surface area (Å²) >= 11 is 3.46. The van der Waals surface area contributed by atoms with E-state index < -0.39 is 0 Å². The number of amides is 1. The topological polar surface area (TPSA) is 41.5 Å². The van der Waals surface area contributed by atoms with Crippen molar-refractivity contribution in [2.45, 2.75) is 44.9 Å². The fourth-order valence-corrected chi connectivity index (χ4v) is 4.41. The molecule has 1 heterocycles. The van der Waals surface area contributed by atoms with Gasteiger partial charge in [0.15, 0.2) is 0 Å². The molecule has 17 heavy (non-hydrogen) atoms. The Morgan fingerprint density at radius 3 is 2.65 bits per heavy atom. The Labute approximate surface area is 112 Å². The standard InChI is InChI=1S/C12H20N2OS2/c15-11(13-14-12-16-8-9-17-12)7-6-10-4-2-1-3-5-10/h10H,1-9H2,(H,13,15). The third-order valence-corrected chi connectivity index (χ3v) is 5.77. The molecule has 0 atom stereocenters. The number of nitrogens with one attached hydrogen (secondary N) is 1. The molecule has 1 saturated carbocycles. The molecule has 96 valence electrons. The van der Waals surface area contributed by atoms with Crippen LogP contribution in [0.2, 0.25) is 0 Å². The smallest absolute Gasteiger partial charge is 0.240 e. The van der Waals surface area contributed by atoms with Gasteiger partial charge < -0.3 is 0 Å². The summed E-state index contributed by atoms with van der Waals surface area (Å²) in [7, 11) is 0. The average molecular weight is 272 g/mol. The van der Waals surface area contributed by atoms with E-state index >= 15 is 0 Å². The maximum absolute atomic E-state index is 11.6. The molecule has 1 saturated heterocycles. The van der Waals surface area contributed by atoms with Crippen LogP contribution in [0.5, 0.6) is 0 Å². The summed E-state index contributed by atoms with van der Waals surface area (Å²) in [6.45, 7) is 0.